The number of carbonyl (C=O) groups excluding carboxylic acids is 3. The lowest BCUT2D eigenvalue weighted by atomic mass is 9.81. The number of carbonyl (C=O) groups is 3. The van der Waals surface area contributed by atoms with Crippen molar-refractivity contribution in [3.8, 4) is 11.3 Å². The molecule has 1 aromatic heterocycles. The maximum absolute atomic E-state index is 13.1. The third-order valence-corrected chi connectivity index (χ3v) is 7.29. The van der Waals surface area contributed by atoms with Gasteiger partial charge in [0.25, 0.3) is 0 Å². The second-order valence-electron chi connectivity index (χ2n) is 7.73. The van der Waals surface area contributed by atoms with Crippen molar-refractivity contribution >= 4 is 46.0 Å². The molecule has 2 aliphatic rings. The van der Waals surface area contributed by atoms with E-state index in [2.05, 4.69) is 10.3 Å². The van der Waals surface area contributed by atoms with Crippen molar-refractivity contribution in [2.24, 2.45) is 11.8 Å². The third kappa shape index (κ3) is 4.16. The highest BCUT2D eigenvalue weighted by Crippen LogP contribution is 2.39. The molecule has 8 heteroatoms. The molecular formula is C22H25N3O3S2. The number of hydrogen-bond acceptors (Lipinski definition) is 6. The number of nitrogens with one attached hydrogen (secondary N) is 1. The SMILES string of the molecule is CSCC[C@H](C(=O)Nc1nc(-c2ccccc2)cs1)N1C(=O)[C@H]2CCCC[C@H]2C1=O. The molecule has 1 saturated carbocycles. The minimum absolute atomic E-state index is 0.171. The molecule has 0 radical (unpaired) electrons. The standard InChI is InChI=1S/C22H25N3O3S2/c1-29-12-11-18(25-20(27)15-9-5-6-10-16(15)21(25)28)19(26)24-22-23-17(13-30-22)14-7-3-2-4-8-14/h2-4,7-8,13,15-16,18H,5-6,9-12H2,1H3,(H,23,24,26)/t15-,16+,18-/m1/s1. The van der Waals surface area contributed by atoms with Gasteiger partial charge in [0.05, 0.1) is 17.5 Å². The number of fused-ring (bicyclic) bond motifs is 1. The molecule has 1 aliphatic carbocycles. The largest absolute Gasteiger partial charge is 0.300 e. The number of rotatable bonds is 7. The van der Waals surface area contributed by atoms with Gasteiger partial charge in [-0.2, -0.15) is 11.8 Å². The Bertz CT molecular complexity index is 907. The zero-order valence-electron chi connectivity index (χ0n) is 16.9. The third-order valence-electron chi connectivity index (χ3n) is 5.89. The topological polar surface area (TPSA) is 79.4 Å². The van der Waals surface area contributed by atoms with Crippen molar-refractivity contribution in [2.45, 2.75) is 38.1 Å². The molecular weight excluding hydrogens is 418 g/mol. The highest BCUT2D eigenvalue weighted by molar-refractivity contribution is 7.98. The Hall–Kier alpha value is -2.19. The van der Waals surface area contributed by atoms with E-state index in [1.807, 2.05) is 42.0 Å². The molecule has 0 bridgehead atoms. The van der Waals surface area contributed by atoms with Crippen molar-refractivity contribution in [1.82, 2.24) is 9.88 Å². The summed E-state index contributed by atoms with van der Waals surface area (Å²) >= 11 is 2.94. The first-order valence-electron chi connectivity index (χ1n) is 10.3. The van der Waals surface area contributed by atoms with E-state index in [0.717, 1.165) is 36.9 Å². The summed E-state index contributed by atoms with van der Waals surface area (Å²) in [7, 11) is 0. The second kappa shape index (κ2) is 9.31. The maximum Gasteiger partial charge on any atom is 0.249 e. The molecule has 3 atom stereocenters. The average molecular weight is 444 g/mol. The van der Waals surface area contributed by atoms with Crippen molar-refractivity contribution in [2.75, 3.05) is 17.3 Å². The van der Waals surface area contributed by atoms with Gasteiger partial charge in [-0.1, -0.05) is 43.2 Å². The normalized spacial score (nSPS) is 22.1. The minimum atomic E-state index is -0.785. The summed E-state index contributed by atoms with van der Waals surface area (Å²) in [6.45, 7) is 0. The van der Waals surface area contributed by atoms with Crippen LogP contribution in [0.4, 0.5) is 5.13 Å². The smallest absolute Gasteiger partial charge is 0.249 e. The second-order valence-corrected chi connectivity index (χ2v) is 9.58. The lowest BCUT2D eigenvalue weighted by Crippen LogP contribution is -2.48. The summed E-state index contributed by atoms with van der Waals surface area (Å²) in [5.41, 5.74) is 1.76. The Morgan fingerprint density at radius 1 is 1.20 bits per heavy atom. The van der Waals surface area contributed by atoms with Crippen LogP contribution in [0.3, 0.4) is 0 Å². The van der Waals surface area contributed by atoms with Crippen molar-refractivity contribution in [1.29, 1.82) is 0 Å². The van der Waals surface area contributed by atoms with Crippen LogP contribution in [0.2, 0.25) is 0 Å². The highest BCUT2D eigenvalue weighted by atomic mass is 32.2. The first kappa shape index (κ1) is 21.1. The first-order chi connectivity index (χ1) is 14.6. The van der Waals surface area contributed by atoms with Crippen LogP contribution in [0.15, 0.2) is 35.7 Å². The number of thiazole rings is 1. The van der Waals surface area contributed by atoms with Crippen LogP contribution >= 0.6 is 23.1 Å². The number of anilines is 1. The summed E-state index contributed by atoms with van der Waals surface area (Å²) in [5, 5.41) is 5.22. The summed E-state index contributed by atoms with van der Waals surface area (Å²) in [6.07, 6.45) is 5.83. The lowest BCUT2D eigenvalue weighted by molar-refractivity contribution is -0.146. The minimum Gasteiger partial charge on any atom is -0.300 e. The van der Waals surface area contributed by atoms with Gasteiger partial charge in [0.1, 0.15) is 6.04 Å². The van der Waals surface area contributed by atoms with Gasteiger partial charge in [-0.3, -0.25) is 19.3 Å². The van der Waals surface area contributed by atoms with E-state index in [-0.39, 0.29) is 29.6 Å². The summed E-state index contributed by atoms with van der Waals surface area (Å²) < 4.78 is 0. The molecule has 1 saturated heterocycles. The highest BCUT2D eigenvalue weighted by Gasteiger charge is 2.51. The summed E-state index contributed by atoms with van der Waals surface area (Å²) in [6, 6.07) is 8.96. The number of imide groups is 1. The van der Waals surface area contributed by atoms with E-state index in [9.17, 15) is 14.4 Å². The van der Waals surface area contributed by atoms with Crippen molar-refractivity contribution < 1.29 is 14.4 Å². The molecule has 4 rings (SSSR count). The molecule has 30 heavy (non-hydrogen) atoms. The van der Waals surface area contributed by atoms with Gasteiger partial charge >= 0.3 is 0 Å². The Kier molecular flexibility index (Phi) is 6.53. The molecule has 2 fully saturated rings. The molecule has 2 aromatic rings. The predicted molar refractivity (Wildman–Crippen MR) is 120 cm³/mol. The molecule has 6 nitrogen and oxygen atoms in total. The number of thioether (sulfide) groups is 1. The summed E-state index contributed by atoms with van der Waals surface area (Å²) in [5.74, 6) is -0.485. The molecule has 1 aliphatic heterocycles. The fourth-order valence-corrected chi connectivity index (χ4v) is 5.54. The van der Waals surface area contributed by atoms with Crippen LogP contribution in [0, 0.1) is 11.8 Å². The lowest BCUT2D eigenvalue weighted by Gasteiger charge is -2.25. The maximum atomic E-state index is 13.1. The molecule has 2 heterocycles. The van der Waals surface area contributed by atoms with Gasteiger partial charge in [-0.25, -0.2) is 4.98 Å². The monoisotopic (exact) mass is 443 g/mol. The predicted octanol–water partition coefficient (Wildman–Crippen LogP) is 4.05. The Balaban J connectivity index is 1.52. The van der Waals surface area contributed by atoms with Crippen LogP contribution in [0.25, 0.3) is 11.3 Å². The number of likely N-dealkylation sites (tertiary alicyclic amines) is 1. The van der Waals surface area contributed by atoms with Crippen molar-refractivity contribution in [3.05, 3.63) is 35.7 Å². The number of aromatic nitrogens is 1. The number of nitrogens with zero attached hydrogens (tertiary/aromatic N) is 2. The van der Waals surface area contributed by atoms with Gasteiger partial charge in [-0.15, -0.1) is 11.3 Å². The van der Waals surface area contributed by atoms with Gasteiger partial charge in [0.2, 0.25) is 17.7 Å². The fourth-order valence-electron chi connectivity index (χ4n) is 4.36. The van der Waals surface area contributed by atoms with E-state index in [4.69, 9.17) is 0 Å². The van der Waals surface area contributed by atoms with Crippen LogP contribution in [0.1, 0.15) is 32.1 Å². The van der Waals surface area contributed by atoms with Gasteiger partial charge < -0.3 is 5.32 Å². The number of hydrogen-bond donors (Lipinski definition) is 1. The molecule has 1 N–H and O–H groups in total. The molecule has 0 spiro atoms. The molecule has 0 unspecified atom stereocenters. The quantitative estimate of drug-likeness (QED) is 0.653. The van der Waals surface area contributed by atoms with E-state index < -0.39 is 6.04 Å². The van der Waals surface area contributed by atoms with Gasteiger partial charge in [0.15, 0.2) is 5.13 Å². The summed E-state index contributed by atoms with van der Waals surface area (Å²) in [4.78, 5) is 44.9. The zero-order chi connectivity index (χ0) is 21.1. The molecule has 3 amide bonds. The van der Waals surface area contributed by atoms with Gasteiger partial charge in [-0.05, 0) is 31.3 Å². The van der Waals surface area contributed by atoms with Crippen LogP contribution in [0.5, 0.6) is 0 Å². The Morgan fingerprint density at radius 2 is 1.87 bits per heavy atom. The number of benzene rings is 1. The Morgan fingerprint density at radius 3 is 2.50 bits per heavy atom. The Labute approximate surface area is 184 Å². The zero-order valence-corrected chi connectivity index (χ0v) is 18.5. The first-order valence-corrected chi connectivity index (χ1v) is 12.5. The molecule has 1 aromatic carbocycles. The van der Waals surface area contributed by atoms with Gasteiger partial charge in [0, 0.05) is 10.9 Å². The van der Waals surface area contributed by atoms with E-state index in [0.29, 0.717) is 17.3 Å². The van der Waals surface area contributed by atoms with E-state index in [1.54, 1.807) is 11.8 Å². The van der Waals surface area contributed by atoms with Crippen LogP contribution < -0.4 is 5.32 Å². The van der Waals surface area contributed by atoms with E-state index in [1.165, 1.54) is 16.2 Å². The van der Waals surface area contributed by atoms with E-state index >= 15 is 0 Å². The van der Waals surface area contributed by atoms with Crippen LogP contribution in [-0.4, -0.2) is 45.7 Å². The average Bonchev–Trinajstić information content (AvgIpc) is 3.33. The van der Waals surface area contributed by atoms with Crippen molar-refractivity contribution in [3.63, 3.8) is 0 Å². The van der Waals surface area contributed by atoms with Crippen LogP contribution in [-0.2, 0) is 14.4 Å². The molecule has 158 valence electrons. The fraction of sp³-hybridized carbons (Fsp3) is 0.455. The number of amides is 3.